The number of guanidine groups is 1. The van der Waals surface area contributed by atoms with Crippen LogP contribution in [0.5, 0.6) is 0 Å². The summed E-state index contributed by atoms with van der Waals surface area (Å²) in [5.41, 5.74) is 13.3. The Kier molecular flexibility index (Phi) is 5.95. The fourth-order valence-corrected chi connectivity index (χ4v) is 2.35. The molecule has 25 heavy (non-hydrogen) atoms. The van der Waals surface area contributed by atoms with Crippen molar-refractivity contribution in [2.75, 3.05) is 6.54 Å². The fraction of sp³-hybridized carbons (Fsp3) is 0.200. The summed E-state index contributed by atoms with van der Waals surface area (Å²) >= 11 is 0. The maximum atomic E-state index is 12.1. The topological polar surface area (TPSA) is 93.5 Å². The van der Waals surface area contributed by atoms with Crippen molar-refractivity contribution in [1.29, 1.82) is 0 Å². The van der Waals surface area contributed by atoms with Crippen LogP contribution in [-0.2, 0) is 10.2 Å². The third kappa shape index (κ3) is 5.80. The lowest BCUT2D eigenvalue weighted by molar-refractivity contribution is -0.116. The molecule has 0 aliphatic heterocycles. The lowest BCUT2D eigenvalue weighted by Crippen LogP contribution is -2.35. The third-order valence-electron chi connectivity index (χ3n) is 3.82. The number of nitrogens with zero attached hydrogens (tertiary/aromatic N) is 1. The van der Waals surface area contributed by atoms with Gasteiger partial charge in [-0.05, 0) is 29.3 Å². The van der Waals surface area contributed by atoms with E-state index in [9.17, 15) is 4.79 Å². The quantitative estimate of drug-likeness (QED) is 0.430. The number of benzene rings is 2. The summed E-state index contributed by atoms with van der Waals surface area (Å²) in [6.07, 6.45) is 3.34. The van der Waals surface area contributed by atoms with Gasteiger partial charge in [0, 0.05) is 18.0 Å². The first-order valence-corrected chi connectivity index (χ1v) is 8.08. The van der Waals surface area contributed by atoms with E-state index in [1.165, 1.54) is 0 Å². The Morgan fingerprint density at radius 2 is 1.84 bits per heavy atom. The largest absolute Gasteiger partial charge is 0.370 e. The van der Waals surface area contributed by atoms with Gasteiger partial charge in [-0.15, -0.1) is 0 Å². The van der Waals surface area contributed by atoms with Crippen LogP contribution in [0.4, 0.5) is 5.69 Å². The van der Waals surface area contributed by atoms with Gasteiger partial charge >= 0.3 is 0 Å². The Morgan fingerprint density at radius 1 is 1.12 bits per heavy atom. The van der Waals surface area contributed by atoms with Gasteiger partial charge in [0.2, 0.25) is 5.91 Å². The second-order valence-electron chi connectivity index (χ2n) is 6.43. The predicted octanol–water partition coefficient (Wildman–Crippen LogP) is 2.70. The number of rotatable bonds is 6. The van der Waals surface area contributed by atoms with Crippen molar-refractivity contribution in [3.05, 3.63) is 71.8 Å². The molecule has 0 aliphatic rings. The third-order valence-corrected chi connectivity index (χ3v) is 3.82. The maximum absolute atomic E-state index is 12.1. The van der Waals surface area contributed by atoms with Crippen molar-refractivity contribution in [3.63, 3.8) is 0 Å². The molecular formula is C20H24N4O. The second-order valence-corrected chi connectivity index (χ2v) is 6.43. The lowest BCUT2D eigenvalue weighted by atomic mass is 9.84. The molecule has 0 spiro atoms. The molecule has 0 radical (unpaired) electrons. The SMILES string of the molecule is CC(C)(CNC(=O)C=Cc1ccccc1)c1cccc(N=C(N)N)c1. The van der Waals surface area contributed by atoms with E-state index in [4.69, 9.17) is 11.5 Å². The number of hydrogen-bond acceptors (Lipinski definition) is 2. The molecule has 2 rings (SSSR count). The molecule has 5 N–H and O–H groups in total. The summed E-state index contributed by atoms with van der Waals surface area (Å²) in [6.45, 7) is 4.61. The van der Waals surface area contributed by atoms with Crippen molar-refractivity contribution in [1.82, 2.24) is 5.32 Å². The zero-order valence-corrected chi connectivity index (χ0v) is 14.6. The summed E-state index contributed by atoms with van der Waals surface area (Å²) in [7, 11) is 0. The van der Waals surface area contributed by atoms with Gasteiger partial charge < -0.3 is 16.8 Å². The lowest BCUT2D eigenvalue weighted by Gasteiger charge is -2.25. The normalized spacial score (nSPS) is 11.3. The zero-order chi connectivity index (χ0) is 18.3. The minimum absolute atomic E-state index is 0.0225. The molecule has 2 aromatic carbocycles. The van der Waals surface area contributed by atoms with Gasteiger partial charge in [-0.2, -0.15) is 0 Å². The number of carbonyl (C=O) groups is 1. The van der Waals surface area contributed by atoms with Crippen LogP contribution in [-0.4, -0.2) is 18.4 Å². The van der Waals surface area contributed by atoms with Crippen LogP contribution >= 0.6 is 0 Å². The first kappa shape index (κ1) is 18.3. The van der Waals surface area contributed by atoms with Gasteiger partial charge in [0.05, 0.1) is 5.69 Å². The van der Waals surface area contributed by atoms with Crippen LogP contribution in [0.1, 0.15) is 25.0 Å². The van der Waals surface area contributed by atoms with Crippen LogP contribution in [0, 0.1) is 0 Å². The Bertz CT molecular complexity index is 775. The summed E-state index contributed by atoms with van der Waals surface area (Å²) in [5.74, 6) is -0.105. The van der Waals surface area contributed by atoms with E-state index in [-0.39, 0.29) is 17.3 Å². The average Bonchev–Trinajstić information content (AvgIpc) is 2.59. The van der Waals surface area contributed by atoms with Gasteiger partial charge in [-0.25, -0.2) is 4.99 Å². The monoisotopic (exact) mass is 336 g/mol. The van der Waals surface area contributed by atoms with Crippen molar-refractivity contribution >= 4 is 23.6 Å². The molecule has 5 nitrogen and oxygen atoms in total. The number of carbonyl (C=O) groups excluding carboxylic acids is 1. The summed E-state index contributed by atoms with van der Waals surface area (Å²) in [4.78, 5) is 16.1. The van der Waals surface area contributed by atoms with E-state index in [1.54, 1.807) is 12.2 Å². The van der Waals surface area contributed by atoms with Gasteiger partial charge in [-0.3, -0.25) is 4.79 Å². The molecule has 130 valence electrons. The summed E-state index contributed by atoms with van der Waals surface area (Å²) in [6, 6.07) is 17.4. The molecule has 0 aliphatic carbocycles. The van der Waals surface area contributed by atoms with Crippen molar-refractivity contribution in [2.24, 2.45) is 16.5 Å². The number of amides is 1. The second kappa shape index (κ2) is 8.15. The minimum Gasteiger partial charge on any atom is -0.370 e. The molecule has 1 amide bonds. The van der Waals surface area contributed by atoms with Crippen molar-refractivity contribution < 1.29 is 4.79 Å². The van der Waals surface area contributed by atoms with Crippen LogP contribution in [0.2, 0.25) is 0 Å². The Labute approximate surface area is 148 Å². The average molecular weight is 336 g/mol. The summed E-state index contributed by atoms with van der Waals surface area (Å²) < 4.78 is 0. The van der Waals surface area contributed by atoms with Gasteiger partial charge in [-0.1, -0.05) is 56.3 Å². The van der Waals surface area contributed by atoms with Gasteiger partial charge in [0.1, 0.15) is 0 Å². The molecule has 2 aromatic rings. The van der Waals surface area contributed by atoms with Crippen LogP contribution in [0.25, 0.3) is 6.08 Å². The van der Waals surface area contributed by atoms with Crippen molar-refractivity contribution in [3.8, 4) is 0 Å². The van der Waals surface area contributed by atoms with Crippen LogP contribution < -0.4 is 16.8 Å². The highest BCUT2D eigenvalue weighted by atomic mass is 16.1. The Hall–Kier alpha value is -3.08. The molecule has 0 atom stereocenters. The maximum Gasteiger partial charge on any atom is 0.244 e. The molecule has 0 fully saturated rings. The number of hydrogen-bond donors (Lipinski definition) is 3. The molecule has 0 unspecified atom stereocenters. The minimum atomic E-state index is -0.259. The van der Waals surface area contributed by atoms with E-state index in [1.807, 2.05) is 54.6 Å². The van der Waals surface area contributed by atoms with Gasteiger partial charge in [0.15, 0.2) is 5.96 Å². The standard InChI is InChI=1S/C20H24N4O/c1-20(2,16-9-6-10-17(13-16)24-19(21)22)14-23-18(25)12-11-15-7-4-3-5-8-15/h3-13H,14H2,1-2H3,(H,23,25)(H4,21,22,24). The molecule has 0 bridgehead atoms. The molecule has 5 heteroatoms. The number of nitrogens with one attached hydrogen (secondary N) is 1. The number of nitrogens with two attached hydrogens (primary N) is 2. The fourth-order valence-electron chi connectivity index (χ4n) is 2.35. The predicted molar refractivity (Wildman–Crippen MR) is 103 cm³/mol. The Balaban J connectivity index is 2.00. The number of aliphatic imine (C=N–C) groups is 1. The summed E-state index contributed by atoms with van der Waals surface area (Å²) in [5, 5.41) is 2.94. The first-order chi connectivity index (χ1) is 11.9. The smallest absolute Gasteiger partial charge is 0.244 e. The van der Waals surface area contributed by atoms with E-state index >= 15 is 0 Å². The molecule has 0 aromatic heterocycles. The molecule has 0 saturated carbocycles. The van der Waals surface area contributed by atoms with Crippen LogP contribution in [0.3, 0.4) is 0 Å². The van der Waals surface area contributed by atoms with Crippen molar-refractivity contribution in [2.45, 2.75) is 19.3 Å². The molecular weight excluding hydrogens is 312 g/mol. The highest BCUT2D eigenvalue weighted by Crippen LogP contribution is 2.26. The van der Waals surface area contributed by atoms with E-state index in [0.717, 1.165) is 11.1 Å². The zero-order valence-electron chi connectivity index (χ0n) is 14.6. The highest BCUT2D eigenvalue weighted by Gasteiger charge is 2.21. The first-order valence-electron chi connectivity index (χ1n) is 8.08. The van der Waals surface area contributed by atoms with Gasteiger partial charge in [0.25, 0.3) is 0 Å². The Morgan fingerprint density at radius 3 is 2.52 bits per heavy atom. The van der Waals surface area contributed by atoms with E-state index in [0.29, 0.717) is 12.2 Å². The van der Waals surface area contributed by atoms with E-state index in [2.05, 4.69) is 24.2 Å². The molecule has 0 saturated heterocycles. The molecule has 0 heterocycles. The van der Waals surface area contributed by atoms with E-state index < -0.39 is 0 Å². The van der Waals surface area contributed by atoms with Crippen LogP contribution in [0.15, 0.2) is 65.7 Å². The highest BCUT2D eigenvalue weighted by molar-refractivity contribution is 5.91.